The summed E-state index contributed by atoms with van der Waals surface area (Å²) in [5.74, 6) is -0.267. The predicted molar refractivity (Wildman–Crippen MR) is 136 cm³/mol. The lowest BCUT2D eigenvalue weighted by Gasteiger charge is -2.19. The van der Waals surface area contributed by atoms with Crippen LogP contribution in [-0.4, -0.2) is 23.5 Å². The van der Waals surface area contributed by atoms with Gasteiger partial charge in [-0.25, -0.2) is 0 Å². The van der Waals surface area contributed by atoms with E-state index in [0.29, 0.717) is 18.5 Å². The Kier molecular flexibility index (Phi) is 9.81. The van der Waals surface area contributed by atoms with E-state index in [-0.39, 0.29) is 22.3 Å². The molecule has 2 rings (SSSR count). The van der Waals surface area contributed by atoms with E-state index in [4.69, 9.17) is 18.0 Å². The number of hydrogen-bond donors (Lipinski definition) is 4. The Morgan fingerprint density at radius 1 is 0.844 bits per heavy atom. The van der Waals surface area contributed by atoms with Gasteiger partial charge in [0.05, 0.1) is 0 Å². The first-order chi connectivity index (χ1) is 15.2. The molecule has 0 aliphatic heterocycles. The van der Waals surface area contributed by atoms with E-state index < -0.39 is 0 Å². The molecular formula is C25H34N4O2S. The van der Waals surface area contributed by atoms with Crippen molar-refractivity contribution in [3.8, 4) is 0 Å². The molecule has 0 spiro atoms. The molecule has 0 heterocycles. The minimum Gasteiger partial charge on any atom is -0.332 e. The Bertz CT molecular complexity index is 903. The molecule has 5 N–H and O–H groups in total. The third-order valence-corrected chi connectivity index (χ3v) is 5.23. The lowest BCUT2D eigenvalue weighted by atomic mass is 9.87. The molecule has 0 aromatic heterocycles. The summed E-state index contributed by atoms with van der Waals surface area (Å²) in [6.45, 7) is 7.08. The molecule has 2 aromatic rings. The number of hydrogen-bond acceptors (Lipinski definition) is 4. The molecule has 6 nitrogen and oxygen atoms in total. The molecule has 0 radical (unpaired) electrons. The third kappa shape index (κ3) is 8.77. The van der Waals surface area contributed by atoms with Gasteiger partial charge in [-0.05, 0) is 79.0 Å². The van der Waals surface area contributed by atoms with Gasteiger partial charge in [-0.1, -0.05) is 45.7 Å². The zero-order valence-corrected chi connectivity index (χ0v) is 20.0. The van der Waals surface area contributed by atoms with Crippen LogP contribution in [0.1, 0.15) is 68.8 Å². The average Bonchev–Trinajstić information content (AvgIpc) is 2.74. The van der Waals surface area contributed by atoms with E-state index in [0.717, 1.165) is 42.6 Å². The fourth-order valence-electron chi connectivity index (χ4n) is 3.10. The Hall–Kier alpha value is -2.77. The molecule has 7 heteroatoms. The standard InChI is InChI=1S/C25H34N4O2S/c1-25(2,3)19-11-9-18(10-12-19)23(31)29-24(32)28-21-15-13-20(14-16-21)27-22(30)8-6-4-5-7-17-26/h9-16H,4-8,17,26H2,1-3H3,(H,27,30)(H2,28,29,31,32). The van der Waals surface area contributed by atoms with Crippen molar-refractivity contribution in [2.45, 2.75) is 58.3 Å². The maximum atomic E-state index is 12.4. The highest BCUT2D eigenvalue weighted by molar-refractivity contribution is 7.80. The summed E-state index contributed by atoms with van der Waals surface area (Å²) in [5, 5.41) is 8.78. The summed E-state index contributed by atoms with van der Waals surface area (Å²) in [5.41, 5.74) is 8.64. The average molecular weight is 455 g/mol. The molecule has 0 bridgehead atoms. The number of benzene rings is 2. The van der Waals surface area contributed by atoms with Crippen LogP contribution in [0.25, 0.3) is 0 Å². The molecule has 0 aliphatic carbocycles. The van der Waals surface area contributed by atoms with Gasteiger partial charge in [-0.3, -0.25) is 14.9 Å². The summed E-state index contributed by atoms with van der Waals surface area (Å²) in [7, 11) is 0. The zero-order chi connectivity index (χ0) is 23.6. The molecule has 0 aliphatic rings. The van der Waals surface area contributed by atoms with E-state index in [2.05, 4.69) is 36.7 Å². The fraction of sp³-hybridized carbons (Fsp3) is 0.400. The van der Waals surface area contributed by atoms with Gasteiger partial charge in [-0.15, -0.1) is 0 Å². The van der Waals surface area contributed by atoms with Crippen molar-refractivity contribution in [1.82, 2.24) is 5.32 Å². The Morgan fingerprint density at radius 3 is 1.97 bits per heavy atom. The number of anilines is 2. The van der Waals surface area contributed by atoms with Gasteiger partial charge in [0.25, 0.3) is 5.91 Å². The molecule has 32 heavy (non-hydrogen) atoms. The van der Waals surface area contributed by atoms with Crippen LogP contribution in [-0.2, 0) is 10.2 Å². The summed E-state index contributed by atoms with van der Waals surface area (Å²) >= 11 is 5.26. The Morgan fingerprint density at radius 2 is 1.41 bits per heavy atom. The summed E-state index contributed by atoms with van der Waals surface area (Å²) in [4.78, 5) is 24.5. The lowest BCUT2D eigenvalue weighted by molar-refractivity contribution is -0.116. The van der Waals surface area contributed by atoms with E-state index in [1.165, 1.54) is 0 Å². The van der Waals surface area contributed by atoms with Crippen LogP contribution >= 0.6 is 12.2 Å². The van der Waals surface area contributed by atoms with Crippen LogP contribution < -0.4 is 21.7 Å². The number of rotatable bonds is 9. The van der Waals surface area contributed by atoms with Crippen LogP contribution in [0.15, 0.2) is 48.5 Å². The minimum atomic E-state index is -0.265. The van der Waals surface area contributed by atoms with Crippen molar-refractivity contribution < 1.29 is 9.59 Å². The van der Waals surface area contributed by atoms with Crippen molar-refractivity contribution in [1.29, 1.82) is 0 Å². The predicted octanol–water partition coefficient (Wildman–Crippen LogP) is 4.96. The maximum absolute atomic E-state index is 12.4. The van der Waals surface area contributed by atoms with Crippen LogP contribution in [0.2, 0.25) is 0 Å². The van der Waals surface area contributed by atoms with E-state index in [9.17, 15) is 9.59 Å². The van der Waals surface area contributed by atoms with Gasteiger partial charge in [0.15, 0.2) is 5.11 Å². The SMILES string of the molecule is CC(C)(C)c1ccc(C(=O)NC(=S)Nc2ccc(NC(=O)CCCCCCN)cc2)cc1. The van der Waals surface area contributed by atoms with Gasteiger partial charge in [-0.2, -0.15) is 0 Å². The van der Waals surface area contributed by atoms with Crippen molar-refractivity contribution in [3.05, 3.63) is 59.7 Å². The number of amides is 2. The van der Waals surface area contributed by atoms with Crippen LogP contribution in [0.5, 0.6) is 0 Å². The second-order valence-corrected chi connectivity index (χ2v) is 9.22. The van der Waals surface area contributed by atoms with Crippen molar-refractivity contribution in [2.24, 2.45) is 5.73 Å². The second kappa shape index (κ2) is 12.3. The van der Waals surface area contributed by atoms with Gasteiger partial charge in [0, 0.05) is 23.4 Å². The van der Waals surface area contributed by atoms with Crippen LogP contribution in [0, 0.1) is 0 Å². The summed E-state index contributed by atoms with van der Waals surface area (Å²) < 4.78 is 0. The summed E-state index contributed by atoms with van der Waals surface area (Å²) in [6, 6.07) is 14.7. The lowest BCUT2D eigenvalue weighted by Crippen LogP contribution is -2.34. The van der Waals surface area contributed by atoms with Crippen molar-refractivity contribution >= 4 is 40.5 Å². The molecular weight excluding hydrogens is 420 g/mol. The van der Waals surface area contributed by atoms with Gasteiger partial charge in [0.2, 0.25) is 5.91 Å². The molecule has 2 amide bonds. The number of thiocarbonyl (C=S) groups is 1. The fourth-order valence-corrected chi connectivity index (χ4v) is 3.31. The molecule has 0 saturated heterocycles. The third-order valence-electron chi connectivity index (χ3n) is 5.02. The highest BCUT2D eigenvalue weighted by atomic mass is 32.1. The maximum Gasteiger partial charge on any atom is 0.257 e. The molecule has 172 valence electrons. The molecule has 0 saturated carbocycles. The Labute approximate surface area is 196 Å². The normalized spacial score (nSPS) is 11.0. The van der Waals surface area contributed by atoms with Gasteiger partial charge >= 0.3 is 0 Å². The van der Waals surface area contributed by atoms with Crippen molar-refractivity contribution in [3.63, 3.8) is 0 Å². The van der Waals surface area contributed by atoms with Crippen molar-refractivity contribution in [2.75, 3.05) is 17.2 Å². The Balaban J connectivity index is 1.79. The van der Waals surface area contributed by atoms with E-state index in [1.54, 1.807) is 36.4 Å². The number of nitrogens with one attached hydrogen (secondary N) is 3. The zero-order valence-electron chi connectivity index (χ0n) is 19.2. The van der Waals surface area contributed by atoms with Crippen LogP contribution in [0.3, 0.4) is 0 Å². The molecule has 0 fully saturated rings. The number of nitrogens with two attached hydrogens (primary N) is 1. The van der Waals surface area contributed by atoms with Crippen LogP contribution in [0.4, 0.5) is 11.4 Å². The largest absolute Gasteiger partial charge is 0.332 e. The first-order valence-electron chi connectivity index (χ1n) is 11.0. The van der Waals surface area contributed by atoms with Gasteiger partial charge < -0.3 is 16.4 Å². The quantitative estimate of drug-likeness (QED) is 0.317. The first-order valence-corrected chi connectivity index (χ1v) is 11.4. The summed E-state index contributed by atoms with van der Waals surface area (Å²) in [6.07, 6.45) is 4.43. The molecule has 2 aromatic carbocycles. The van der Waals surface area contributed by atoms with E-state index >= 15 is 0 Å². The highest BCUT2D eigenvalue weighted by Crippen LogP contribution is 2.22. The number of carbonyl (C=O) groups is 2. The van der Waals surface area contributed by atoms with E-state index in [1.807, 2.05) is 12.1 Å². The number of unbranched alkanes of at least 4 members (excludes halogenated alkanes) is 3. The smallest absolute Gasteiger partial charge is 0.257 e. The second-order valence-electron chi connectivity index (χ2n) is 8.81. The molecule has 0 atom stereocenters. The highest BCUT2D eigenvalue weighted by Gasteiger charge is 2.15. The topological polar surface area (TPSA) is 96.2 Å². The molecule has 0 unspecified atom stereocenters. The van der Waals surface area contributed by atoms with Gasteiger partial charge in [0.1, 0.15) is 0 Å². The first kappa shape index (κ1) is 25.5. The number of carbonyl (C=O) groups excluding carboxylic acids is 2. The monoisotopic (exact) mass is 454 g/mol. The minimum absolute atomic E-state index is 0.00118.